The topological polar surface area (TPSA) is 90.9 Å². The number of fused-ring (bicyclic) bond motifs is 1. The number of anilines is 2. The molecule has 0 radical (unpaired) electrons. The number of morpholine rings is 1. The standard InChI is InChI=1S/C28H29Cl2N5O4/c1-36-23-14-17(15-24(37-2)26(23)38-3)8-9-31-28-33-22-7-6-21(18-4-5-19(29)20(30)16-18)32-25(22)27(34-28)35-10-12-39-13-11-35/h4-7,14-16H,8-13H2,1-3H3,(H,31,33,34). The fourth-order valence-electron chi connectivity index (χ4n) is 4.49. The average Bonchev–Trinajstić information content (AvgIpc) is 2.97. The van der Waals surface area contributed by atoms with Crippen molar-refractivity contribution in [2.24, 2.45) is 0 Å². The van der Waals surface area contributed by atoms with Crippen molar-refractivity contribution in [3.63, 3.8) is 0 Å². The first-order valence-corrected chi connectivity index (χ1v) is 13.3. The van der Waals surface area contributed by atoms with E-state index in [1.165, 1.54) is 0 Å². The molecule has 0 aliphatic carbocycles. The van der Waals surface area contributed by atoms with Crippen LogP contribution in [-0.4, -0.2) is 69.1 Å². The van der Waals surface area contributed by atoms with Crippen LogP contribution in [0.2, 0.25) is 10.0 Å². The molecule has 39 heavy (non-hydrogen) atoms. The maximum atomic E-state index is 6.26. The molecule has 1 N–H and O–H groups in total. The molecule has 0 amide bonds. The van der Waals surface area contributed by atoms with Crippen molar-refractivity contribution in [3.8, 4) is 28.5 Å². The number of aromatic nitrogens is 3. The van der Waals surface area contributed by atoms with Crippen molar-refractivity contribution in [3.05, 3.63) is 58.1 Å². The number of rotatable bonds is 9. The number of pyridine rings is 1. The fraction of sp³-hybridized carbons (Fsp3) is 0.321. The van der Waals surface area contributed by atoms with E-state index < -0.39 is 0 Å². The van der Waals surface area contributed by atoms with Gasteiger partial charge < -0.3 is 29.2 Å². The van der Waals surface area contributed by atoms with Gasteiger partial charge in [0.1, 0.15) is 5.52 Å². The summed E-state index contributed by atoms with van der Waals surface area (Å²) in [5, 5.41) is 4.36. The van der Waals surface area contributed by atoms with Crippen molar-refractivity contribution in [1.29, 1.82) is 0 Å². The molecule has 0 bridgehead atoms. The minimum atomic E-state index is 0.479. The minimum Gasteiger partial charge on any atom is -0.493 e. The zero-order valence-corrected chi connectivity index (χ0v) is 23.5. The van der Waals surface area contributed by atoms with Crippen LogP contribution in [0.5, 0.6) is 17.2 Å². The van der Waals surface area contributed by atoms with Crippen LogP contribution in [0.15, 0.2) is 42.5 Å². The normalized spacial score (nSPS) is 13.4. The van der Waals surface area contributed by atoms with Gasteiger partial charge in [0, 0.05) is 25.2 Å². The number of hydrogen-bond acceptors (Lipinski definition) is 9. The Morgan fingerprint density at radius 3 is 2.28 bits per heavy atom. The smallest absolute Gasteiger partial charge is 0.225 e. The summed E-state index contributed by atoms with van der Waals surface area (Å²) in [4.78, 5) is 16.8. The molecule has 1 saturated heterocycles. The molecule has 204 valence electrons. The van der Waals surface area contributed by atoms with Crippen LogP contribution in [0.4, 0.5) is 11.8 Å². The molecule has 0 unspecified atom stereocenters. The van der Waals surface area contributed by atoms with Crippen LogP contribution in [0.25, 0.3) is 22.3 Å². The Kier molecular flexibility index (Phi) is 8.40. The third-order valence-corrected chi connectivity index (χ3v) is 7.21. The molecule has 0 saturated carbocycles. The Morgan fingerprint density at radius 1 is 0.872 bits per heavy atom. The van der Waals surface area contributed by atoms with Crippen LogP contribution in [-0.2, 0) is 11.2 Å². The van der Waals surface area contributed by atoms with Crippen molar-refractivity contribution in [2.75, 3.05) is 64.4 Å². The van der Waals surface area contributed by atoms with Crippen LogP contribution >= 0.6 is 23.2 Å². The second kappa shape index (κ2) is 12.1. The third kappa shape index (κ3) is 5.90. The predicted molar refractivity (Wildman–Crippen MR) is 154 cm³/mol. The molecule has 0 atom stereocenters. The van der Waals surface area contributed by atoms with Crippen LogP contribution in [0.1, 0.15) is 5.56 Å². The summed E-state index contributed by atoms with van der Waals surface area (Å²) in [7, 11) is 4.81. The van der Waals surface area contributed by atoms with Gasteiger partial charge in [0.2, 0.25) is 11.7 Å². The minimum absolute atomic E-state index is 0.479. The van der Waals surface area contributed by atoms with Gasteiger partial charge in [0.15, 0.2) is 17.3 Å². The molecule has 1 aliphatic rings. The molecular formula is C28H29Cl2N5O4. The molecule has 9 nitrogen and oxygen atoms in total. The van der Waals surface area contributed by atoms with Gasteiger partial charge in [0.25, 0.3) is 0 Å². The number of benzene rings is 2. The molecule has 1 aliphatic heterocycles. The van der Waals surface area contributed by atoms with Gasteiger partial charge in [-0.25, -0.2) is 9.97 Å². The van der Waals surface area contributed by atoms with E-state index in [0.717, 1.165) is 46.8 Å². The summed E-state index contributed by atoms with van der Waals surface area (Å²) >= 11 is 12.4. The van der Waals surface area contributed by atoms with Crippen molar-refractivity contribution in [2.45, 2.75) is 6.42 Å². The van der Waals surface area contributed by atoms with E-state index >= 15 is 0 Å². The van der Waals surface area contributed by atoms with E-state index in [4.69, 9.17) is 57.1 Å². The zero-order chi connectivity index (χ0) is 27.4. The van der Waals surface area contributed by atoms with Crippen molar-refractivity contribution in [1.82, 2.24) is 15.0 Å². The number of hydrogen-bond donors (Lipinski definition) is 1. The first-order chi connectivity index (χ1) is 19.0. The molecule has 2 aromatic carbocycles. The summed E-state index contributed by atoms with van der Waals surface area (Å²) in [6.07, 6.45) is 0.694. The highest BCUT2D eigenvalue weighted by Gasteiger charge is 2.20. The first kappa shape index (κ1) is 27.1. The van der Waals surface area contributed by atoms with E-state index in [9.17, 15) is 0 Å². The second-order valence-corrected chi connectivity index (χ2v) is 9.69. The average molecular weight is 570 g/mol. The molecule has 3 heterocycles. The predicted octanol–water partition coefficient (Wildman–Crippen LogP) is 5.52. The lowest BCUT2D eigenvalue weighted by atomic mass is 10.1. The number of nitrogens with zero attached hydrogens (tertiary/aromatic N) is 4. The van der Waals surface area contributed by atoms with Crippen molar-refractivity contribution >= 4 is 46.0 Å². The van der Waals surface area contributed by atoms with Gasteiger partial charge in [-0.2, -0.15) is 4.98 Å². The summed E-state index contributed by atoms with van der Waals surface area (Å²) in [6, 6.07) is 13.2. The Hall–Kier alpha value is -3.53. The lowest BCUT2D eigenvalue weighted by Crippen LogP contribution is -2.37. The Morgan fingerprint density at radius 2 is 1.62 bits per heavy atom. The van der Waals surface area contributed by atoms with Gasteiger partial charge in [-0.15, -0.1) is 0 Å². The highest BCUT2D eigenvalue weighted by Crippen LogP contribution is 2.38. The third-order valence-electron chi connectivity index (χ3n) is 6.47. The summed E-state index contributed by atoms with van der Waals surface area (Å²) < 4.78 is 22.0. The van der Waals surface area contributed by atoms with E-state index in [0.29, 0.717) is 59.4 Å². The number of methoxy groups -OCH3 is 3. The largest absolute Gasteiger partial charge is 0.493 e. The maximum Gasteiger partial charge on any atom is 0.225 e. The summed E-state index contributed by atoms with van der Waals surface area (Å²) in [6.45, 7) is 3.29. The van der Waals surface area contributed by atoms with Gasteiger partial charge in [-0.3, -0.25) is 0 Å². The van der Waals surface area contributed by atoms with Gasteiger partial charge in [-0.05, 0) is 48.4 Å². The lowest BCUT2D eigenvalue weighted by Gasteiger charge is -2.28. The molecule has 0 spiro atoms. The molecule has 1 fully saturated rings. The first-order valence-electron chi connectivity index (χ1n) is 12.5. The number of halogens is 2. The van der Waals surface area contributed by atoms with Gasteiger partial charge >= 0.3 is 0 Å². The van der Waals surface area contributed by atoms with Crippen molar-refractivity contribution < 1.29 is 18.9 Å². The van der Waals surface area contributed by atoms with E-state index in [1.807, 2.05) is 36.4 Å². The van der Waals surface area contributed by atoms with Gasteiger partial charge in [-0.1, -0.05) is 29.3 Å². The number of ether oxygens (including phenoxy) is 4. The Bertz CT molecular complexity index is 1460. The van der Waals surface area contributed by atoms with Crippen LogP contribution < -0.4 is 24.4 Å². The molecule has 5 rings (SSSR count). The maximum absolute atomic E-state index is 6.26. The second-order valence-electron chi connectivity index (χ2n) is 8.87. The van der Waals surface area contributed by atoms with E-state index in [-0.39, 0.29) is 0 Å². The molecule has 11 heteroatoms. The van der Waals surface area contributed by atoms with E-state index in [2.05, 4.69) is 10.2 Å². The fourth-order valence-corrected chi connectivity index (χ4v) is 4.79. The molecular weight excluding hydrogens is 541 g/mol. The molecule has 2 aromatic heterocycles. The molecule has 4 aromatic rings. The highest BCUT2D eigenvalue weighted by atomic mass is 35.5. The number of nitrogens with one attached hydrogen (secondary N) is 1. The zero-order valence-electron chi connectivity index (χ0n) is 22.0. The lowest BCUT2D eigenvalue weighted by molar-refractivity contribution is 0.122. The SMILES string of the molecule is COc1cc(CCNc2nc(N3CCOCC3)c3nc(-c4ccc(Cl)c(Cl)c4)ccc3n2)cc(OC)c1OC. The monoisotopic (exact) mass is 569 g/mol. The Balaban J connectivity index is 1.43. The summed E-state index contributed by atoms with van der Waals surface area (Å²) in [5.74, 6) is 3.10. The van der Waals surface area contributed by atoms with Crippen LogP contribution in [0.3, 0.4) is 0 Å². The quantitative estimate of drug-likeness (QED) is 0.280. The summed E-state index contributed by atoms with van der Waals surface area (Å²) in [5.41, 5.74) is 4.12. The van der Waals surface area contributed by atoms with Gasteiger partial charge in [0.05, 0.1) is 55.8 Å². The van der Waals surface area contributed by atoms with E-state index in [1.54, 1.807) is 27.4 Å². The Labute approximate surface area is 237 Å². The highest BCUT2D eigenvalue weighted by molar-refractivity contribution is 6.42. The van der Waals surface area contributed by atoms with Crippen LogP contribution in [0, 0.1) is 0 Å².